The Morgan fingerprint density at radius 1 is 0.568 bits per heavy atom. The van der Waals surface area contributed by atoms with Gasteiger partial charge >= 0.3 is 11.9 Å². The van der Waals surface area contributed by atoms with Crippen LogP contribution in [0.2, 0.25) is 0 Å². The molecule has 0 amide bonds. The van der Waals surface area contributed by atoms with Gasteiger partial charge in [0.25, 0.3) is 0 Å². The minimum absolute atomic E-state index is 0.0976. The third-order valence-corrected chi connectivity index (χ3v) is 7.01. The Morgan fingerprint density at radius 3 is 1.38 bits per heavy atom. The molecular formula is C33H64O4. The van der Waals surface area contributed by atoms with Crippen molar-refractivity contribution < 1.29 is 19.1 Å². The zero-order chi connectivity index (χ0) is 27.6. The molecule has 0 radical (unpaired) electrons. The molecule has 4 nitrogen and oxygen atoms in total. The number of hydrogen-bond acceptors (Lipinski definition) is 4. The highest BCUT2D eigenvalue weighted by molar-refractivity contribution is 5.69. The molecule has 0 aliphatic carbocycles. The van der Waals surface area contributed by atoms with Gasteiger partial charge in [-0.1, -0.05) is 137 Å². The molecule has 0 fully saturated rings. The van der Waals surface area contributed by atoms with Gasteiger partial charge in [0.15, 0.2) is 0 Å². The van der Waals surface area contributed by atoms with Crippen LogP contribution < -0.4 is 0 Å². The smallest absolute Gasteiger partial charge is 0.305 e. The van der Waals surface area contributed by atoms with E-state index in [2.05, 4.69) is 34.6 Å². The maximum atomic E-state index is 11.9. The molecule has 0 aromatic carbocycles. The molecule has 1 unspecified atom stereocenters. The van der Waals surface area contributed by atoms with Crippen LogP contribution in [0.5, 0.6) is 0 Å². The fraction of sp³-hybridized carbons (Fsp3) is 0.939. The van der Waals surface area contributed by atoms with E-state index in [0.717, 1.165) is 38.5 Å². The molecule has 0 rings (SSSR count). The van der Waals surface area contributed by atoms with Gasteiger partial charge < -0.3 is 9.47 Å². The van der Waals surface area contributed by atoms with Crippen LogP contribution in [0.4, 0.5) is 0 Å². The molecule has 0 bridgehead atoms. The maximum Gasteiger partial charge on any atom is 0.305 e. The van der Waals surface area contributed by atoms with Crippen molar-refractivity contribution in [3.8, 4) is 0 Å². The Kier molecular flexibility index (Phi) is 24.5. The van der Waals surface area contributed by atoms with Crippen molar-refractivity contribution in [3.05, 3.63) is 0 Å². The zero-order valence-corrected chi connectivity index (χ0v) is 25.7. The molecule has 37 heavy (non-hydrogen) atoms. The average molecular weight is 525 g/mol. The summed E-state index contributed by atoms with van der Waals surface area (Å²) in [5.41, 5.74) is 0.256. The summed E-state index contributed by atoms with van der Waals surface area (Å²) < 4.78 is 10.8. The Balaban J connectivity index is 3.33. The molecule has 4 heteroatoms. The Hall–Kier alpha value is -1.06. The van der Waals surface area contributed by atoms with Crippen molar-refractivity contribution in [2.45, 2.75) is 176 Å². The second-order valence-electron chi connectivity index (χ2n) is 12.6. The standard InChI is InChI=1S/C33H64O4/c1-6-7-8-9-10-11-12-13-14-15-16-17-18-19-20-24-27-36-31(34)25-22-21-23-26-32(35)37-29-30(2)28-33(3,4)5/h30H,6-29H2,1-5H3. The van der Waals surface area contributed by atoms with E-state index in [1.165, 1.54) is 89.9 Å². The normalized spacial score (nSPS) is 12.5. The summed E-state index contributed by atoms with van der Waals surface area (Å²) in [6.07, 6.45) is 25.9. The van der Waals surface area contributed by atoms with Crippen molar-refractivity contribution in [2.24, 2.45) is 11.3 Å². The van der Waals surface area contributed by atoms with Crippen LogP contribution >= 0.6 is 0 Å². The molecule has 0 aromatic rings. The summed E-state index contributed by atoms with van der Waals surface area (Å²) in [6.45, 7) is 12.1. The van der Waals surface area contributed by atoms with Crippen molar-refractivity contribution >= 4 is 11.9 Å². The van der Waals surface area contributed by atoms with Crippen LogP contribution in [0.25, 0.3) is 0 Å². The van der Waals surface area contributed by atoms with Gasteiger partial charge in [-0.25, -0.2) is 0 Å². The van der Waals surface area contributed by atoms with Crippen LogP contribution in [-0.4, -0.2) is 25.2 Å². The van der Waals surface area contributed by atoms with E-state index in [1.54, 1.807) is 0 Å². The number of hydrogen-bond donors (Lipinski definition) is 0. The molecule has 0 aliphatic heterocycles. The molecule has 1 atom stereocenters. The summed E-state index contributed by atoms with van der Waals surface area (Å²) in [4.78, 5) is 23.8. The van der Waals surface area contributed by atoms with E-state index in [4.69, 9.17) is 9.47 Å². The van der Waals surface area contributed by atoms with E-state index in [9.17, 15) is 9.59 Å². The van der Waals surface area contributed by atoms with Gasteiger partial charge in [0.2, 0.25) is 0 Å². The predicted molar refractivity (Wildman–Crippen MR) is 158 cm³/mol. The Labute approximate surface area is 231 Å². The van der Waals surface area contributed by atoms with Crippen molar-refractivity contribution in [1.29, 1.82) is 0 Å². The average Bonchev–Trinajstić information content (AvgIpc) is 2.83. The third kappa shape index (κ3) is 29.4. The SMILES string of the molecule is CCCCCCCCCCCCCCCCCCOC(=O)CCCCCC(=O)OCC(C)CC(C)(C)C. The monoisotopic (exact) mass is 524 g/mol. The number of unbranched alkanes of at least 4 members (excludes halogenated alkanes) is 17. The highest BCUT2D eigenvalue weighted by Crippen LogP contribution is 2.24. The first-order valence-corrected chi connectivity index (χ1v) is 16.1. The molecule has 0 saturated heterocycles. The lowest BCUT2D eigenvalue weighted by Gasteiger charge is -2.22. The number of ether oxygens (including phenoxy) is 2. The maximum absolute atomic E-state index is 11.9. The van der Waals surface area contributed by atoms with Gasteiger partial charge in [-0.15, -0.1) is 0 Å². The molecular weight excluding hydrogens is 460 g/mol. The largest absolute Gasteiger partial charge is 0.466 e. The molecule has 0 N–H and O–H groups in total. The first kappa shape index (κ1) is 35.9. The predicted octanol–water partition coefficient (Wildman–Crippen LogP) is 10.4. The first-order chi connectivity index (χ1) is 17.7. The van der Waals surface area contributed by atoms with Crippen LogP contribution in [0.1, 0.15) is 176 Å². The van der Waals surface area contributed by atoms with E-state index in [1.807, 2.05) is 0 Å². The Bertz CT molecular complexity index is 523. The van der Waals surface area contributed by atoms with E-state index in [-0.39, 0.29) is 17.4 Å². The summed E-state index contributed by atoms with van der Waals surface area (Å²) in [6, 6.07) is 0. The van der Waals surface area contributed by atoms with Crippen molar-refractivity contribution in [3.63, 3.8) is 0 Å². The van der Waals surface area contributed by atoms with Gasteiger partial charge in [0.05, 0.1) is 13.2 Å². The second-order valence-corrected chi connectivity index (χ2v) is 12.6. The quantitative estimate of drug-likeness (QED) is 0.0834. The lowest BCUT2D eigenvalue weighted by atomic mass is 9.86. The van der Waals surface area contributed by atoms with Gasteiger partial charge in [0.1, 0.15) is 0 Å². The summed E-state index contributed by atoms with van der Waals surface area (Å²) >= 11 is 0. The Morgan fingerprint density at radius 2 is 0.946 bits per heavy atom. The molecule has 0 aromatic heterocycles. The zero-order valence-electron chi connectivity index (χ0n) is 25.7. The summed E-state index contributed by atoms with van der Waals surface area (Å²) in [5.74, 6) is 0.166. The molecule has 0 heterocycles. The molecule has 0 spiro atoms. The van der Waals surface area contributed by atoms with E-state index in [0.29, 0.717) is 32.0 Å². The highest BCUT2D eigenvalue weighted by atomic mass is 16.5. The summed E-state index contributed by atoms with van der Waals surface area (Å²) in [5, 5.41) is 0. The lowest BCUT2D eigenvalue weighted by Crippen LogP contribution is -2.17. The van der Waals surface area contributed by atoms with Crippen molar-refractivity contribution in [1.82, 2.24) is 0 Å². The number of carbonyl (C=O) groups is 2. The fourth-order valence-electron chi connectivity index (χ4n) is 5.04. The molecule has 0 saturated carbocycles. The van der Waals surface area contributed by atoms with Crippen LogP contribution in [0, 0.1) is 11.3 Å². The highest BCUT2D eigenvalue weighted by Gasteiger charge is 2.16. The van der Waals surface area contributed by atoms with Crippen LogP contribution in [0.15, 0.2) is 0 Å². The fourth-order valence-corrected chi connectivity index (χ4v) is 5.04. The second kappa shape index (κ2) is 25.2. The topological polar surface area (TPSA) is 52.6 Å². The van der Waals surface area contributed by atoms with Gasteiger partial charge in [-0.3, -0.25) is 9.59 Å². The molecule has 0 aliphatic rings. The summed E-state index contributed by atoms with van der Waals surface area (Å²) in [7, 11) is 0. The van der Waals surface area contributed by atoms with E-state index >= 15 is 0 Å². The van der Waals surface area contributed by atoms with Gasteiger partial charge in [-0.05, 0) is 37.0 Å². The van der Waals surface area contributed by atoms with Crippen LogP contribution in [-0.2, 0) is 19.1 Å². The minimum atomic E-state index is -0.119. The third-order valence-electron chi connectivity index (χ3n) is 7.01. The number of esters is 2. The van der Waals surface area contributed by atoms with Crippen molar-refractivity contribution in [2.75, 3.05) is 13.2 Å². The van der Waals surface area contributed by atoms with Crippen LogP contribution in [0.3, 0.4) is 0 Å². The lowest BCUT2D eigenvalue weighted by molar-refractivity contribution is -0.145. The first-order valence-electron chi connectivity index (χ1n) is 16.1. The van der Waals surface area contributed by atoms with E-state index < -0.39 is 0 Å². The van der Waals surface area contributed by atoms with Gasteiger partial charge in [-0.2, -0.15) is 0 Å². The number of carbonyl (C=O) groups excluding carboxylic acids is 2. The molecule has 220 valence electrons. The number of rotatable bonds is 26. The minimum Gasteiger partial charge on any atom is -0.466 e. The van der Waals surface area contributed by atoms with Gasteiger partial charge in [0, 0.05) is 12.8 Å².